The van der Waals surface area contributed by atoms with Crippen LogP contribution < -0.4 is 0 Å². The van der Waals surface area contributed by atoms with Gasteiger partial charge in [-0.2, -0.15) is 0 Å². The molecular formula is C8H13NO2. The molecule has 0 N–H and O–H groups in total. The Morgan fingerprint density at radius 2 is 2.18 bits per heavy atom. The molecule has 0 saturated carbocycles. The van der Waals surface area contributed by atoms with Gasteiger partial charge in [-0.1, -0.05) is 26.2 Å². The highest BCUT2D eigenvalue weighted by atomic mass is 16.5. The van der Waals surface area contributed by atoms with E-state index in [4.69, 9.17) is 5.26 Å². The molecule has 0 atom stereocenters. The van der Waals surface area contributed by atoms with Gasteiger partial charge in [0, 0.05) is 6.42 Å². The summed E-state index contributed by atoms with van der Waals surface area (Å²) in [6.45, 7) is 2.10. The summed E-state index contributed by atoms with van der Waals surface area (Å²) < 4.78 is 4.09. The zero-order chi connectivity index (χ0) is 8.53. The van der Waals surface area contributed by atoms with E-state index in [0.717, 1.165) is 25.7 Å². The minimum atomic E-state index is -0.413. The van der Waals surface area contributed by atoms with Crippen LogP contribution in [0.3, 0.4) is 0 Å². The first-order valence-corrected chi connectivity index (χ1v) is 3.90. The van der Waals surface area contributed by atoms with Crippen molar-refractivity contribution in [1.29, 1.82) is 5.26 Å². The predicted octanol–water partition coefficient (Wildman–Crippen LogP) is 1.98. The number of rotatable bonds is 5. The van der Waals surface area contributed by atoms with Gasteiger partial charge >= 0.3 is 5.97 Å². The maximum absolute atomic E-state index is 10.6. The van der Waals surface area contributed by atoms with Gasteiger partial charge in [-0.15, -0.1) is 5.26 Å². The Morgan fingerprint density at radius 1 is 1.45 bits per heavy atom. The molecule has 0 amide bonds. The van der Waals surface area contributed by atoms with Crippen molar-refractivity contribution >= 4 is 5.97 Å². The molecule has 0 aromatic carbocycles. The molecular weight excluding hydrogens is 142 g/mol. The Labute approximate surface area is 67.0 Å². The topological polar surface area (TPSA) is 50.1 Å². The summed E-state index contributed by atoms with van der Waals surface area (Å²) >= 11 is 0. The monoisotopic (exact) mass is 155 g/mol. The molecule has 62 valence electrons. The Kier molecular flexibility index (Phi) is 6.40. The van der Waals surface area contributed by atoms with Crippen molar-refractivity contribution in [1.82, 2.24) is 0 Å². The smallest absolute Gasteiger partial charge is 0.321 e. The van der Waals surface area contributed by atoms with Crippen LogP contribution in [-0.4, -0.2) is 5.97 Å². The highest BCUT2D eigenvalue weighted by molar-refractivity contribution is 5.70. The summed E-state index contributed by atoms with van der Waals surface area (Å²) in [7, 11) is 0. The fourth-order valence-corrected chi connectivity index (χ4v) is 0.798. The van der Waals surface area contributed by atoms with Gasteiger partial charge in [0.2, 0.25) is 0 Å². The predicted molar refractivity (Wildman–Crippen MR) is 40.5 cm³/mol. The molecule has 0 heterocycles. The van der Waals surface area contributed by atoms with Crippen molar-refractivity contribution in [2.75, 3.05) is 0 Å². The number of carbonyl (C=O) groups excluding carboxylic acids is 1. The largest absolute Gasteiger partial charge is 0.351 e. The van der Waals surface area contributed by atoms with E-state index in [0.29, 0.717) is 6.42 Å². The van der Waals surface area contributed by atoms with Crippen molar-refractivity contribution in [3.63, 3.8) is 0 Å². The number of unbranched alkanes of at least 4 members (excludes halogenated alkanes) is 3. The van der Waals surface area contributed by atoms with Crippen LogP contribution in [0.1, 0.15) is 39.0 Å². The number of nitrogens with zero attached hydrogens (tertiary/aromatic N) is 1. The average Bonchev–Trinajstić information content (AvgIpc) is 1.99. The molecule has 0 radical (unpaired) electrons. The highest BCUT2D eigenvalue weighted by Crippen LogP contribution is 2.02. The summed E-state index contributed by atoms with van der Waals surface area (Å²) in [5.41, 5.74) is 0. The molecule has 0 bridgehead atoms. The van der Waals surface area contributed by atoms with Crippen LogP contribution in [0.2, 0.25) is 0 Å². The lowest BCUT2D eigenvalue weighted by Gasteiger charge is -1.95. The summed E-state index contributed by atoms with van der Waals surface area (Å²) in [5, 5.41) is 7.95. The fraction of sp³-hybridized carbons (Fsp3) is 0.750. The van der Waals surface area contributed by atoms with Crippen LogP contribution in [0.4, 0.5) is 0 Å². The summed E-state index contributed by atoms with van der Waals surface area (Å²) in [5.74, 6) is -0.413. The number of nitriles is 1. The van der Waals surface area contributed by atoms with E-state index in [2.05, 4.69) is 11.7 Å². The quantitative estimate of drug-likeness (QED) is 0.346. The number of carbonyl (C=O) groups is 1. The first-order valence-electron chi connectivity index (χ1n) is 3.90. The van der Waals surface area contributed by atoms with Crippen LogP contribution in [0.25, 0.3) is 0 Å². The van der Waals surface area contributed by atoms with Crippen molar-refractivity contribution in [3.8, 4) is 6.26 Å². The van der Waals surface area contributed by atoms with E-state index in [-0.39, 0.29) is 0 Å². The van der Waals surface area contributed by atoms with Gasteiger partial charge < -0.3 is 4.74 Å². The van der Waals surface area contributed by atoms with E-state index < -0.39 is 5.97 Å². The fourth-order valence-electron chi connectivity index (χ4n) is 0.798. The first kappa shape index (κ1) is 9.96. The second kappa shape index (κ2) is 7.07. The summed E-state index contributed by atoms with van der Waals surface area (Å²) in [6.07, 6.45) is 5.88. The van der Waals surface area contributed by atoms with Gasteiger partial charge in [-0.05, 0) is 6.42 Å². The van der Waals surface area contributed by atoms with E-state index in [1.165, 1.54) is 6.26 Å². The minimum absolute atomic E-state index is 0.369. The van der Waals surface area contributed by atoms with Crippen LogP contribution in [0, 0.1) is 11.5 Å². The lowest BCUT2D eigenvalue weighted by Crippen LogP contribution is -1.98. The lowest BCUT2D eigenvalue weighted by molar-refractivity contribution is -0.137. The molecule has 3 heteroatoms. The maximum atomic E-state index is 10.6. The van der Waals surface area contributed by atoms with Crippen molar-refractivity contribution in [2.45, 2.75) is 39.0 Å². The van der Waals surface area contributed by atoms with Crippen LogP contribution in [-0.2, 0) is 9.53 Å². The SMILES string of the molecule is CCCCCCC(=O)OC#N. The van der Waals surface area contributed by atoms with Crippen molar-refractivity contribution in [3.05, 3.63) is 0 Å². The van der Waals surface area contributed by atoms with Crippen molar-refractivity contribution < 1.29 is 9.53 Å². The third-order valence-electron chi connectivity index (χ3n) is 1.39. The summed E-state index contributed by atoms with van der Waals surface area (Å²) in [4.78, 5) is 10.6. The number of hydrogen-bond acceptors (Lipinski definition) is 3. The Hall–Kier alpha value is -1.04. The zero-order valence-electron chi connectivity index (χ0n) is 6.80. The number of hydrogen-bond donors (Lipinski definition) is 0. The van der Waals surface area contributed by atoms with Crippen molar-refractivity contribution in [2.24, 2.45) is 0 Å². The first-order chi connectivity index (χ1) is 5.31. The second-order valence-corrected chi connectivity index (χ2v) is 2.38. The highest BCUT2D eigenvalue weighted by Gasteiger charge is 2.00. The van der Waals surface area contributed by atoms with Crippen LogP contribution >= 0.6 is 0 Å². The Morgan fingerprint density at radius 3 is 2.73 bits per heavy atom. The van der Waals surface area contributed by atoms with E-state index in [1.807, 2.05) is 0 Å². The molecule has 0 saturated heterocycles. The Balaban J connectivity index is 3.12. The molecule has 0 rings (SSSR count). The zero-order valence-corrected chi connectivity index (χ0v) is 6.80. The standard InChI is InChI=1S/C8H13NO2/c1-2-3-4-5-6-8(10)11-7-9/h2-6H2,1H3. The van der Waals surface area contributed by atoms with Gasteiger partial charge in [-0.3, -0.25) is 4.79 Å². The number of esters is 1. The molecule has 3 nitrogen and oxygen atoms in total. The molecule has 0 aliphatic rings. The van der Waals surface area contributed by atoms with Gasteiger partial charge in [0.05, 0.1) is 0 Å². The van der Waals surface area contributed by atoms with E-state index in [9.17, 15) is 4.79 Å². The van der Waals surface area contributed by atoms with Gasteiger partial charge in [0.15, 0.2) is 0 Å². The molecule has 11 heavy (non-hydrogen) atoms. The molecule has 0 aliphatic heterocycles. The third kappa shape index (κ3) is 6.85. The second-order valence-electron chi connectivity index (χ2n) is 2.38. The average molecular weight is 155 g/mol. The van der Waals surface area contributed by atoms with Crippen LogP contribution in [0.5, 0.6) is 0 Å². The maximum Gasteiger partial charge on any atom is 0.321 e. The summed E-state index contributed by atoms with van der Waals surface area (Å²) in [6, 6.07) is 0. The molecule has 0 aromatic rings. The number of ether oxygens (including phenoxy) is 1. The molecule has 0 aromatic heterocycles. The van der Waals surface area contributed by atoms with Gasteiger partial charge in [-0.25, -0.2) is 0 Å². The molecule has 0 spiro atoms. The minimum Gasteiger partial charge on any atom is -0.351 e. The normalized spacial score (nSPS) is 8.73. The molecule has 0 unspecified atom stereocenters. The van der Waals surface area contributed by atoms with E-state index in [1.54, 1.807) is 0 Å². The molecule has 0 fully saturated rings. The van der Waals surface area contributed by atoms with Crippen LogP contribution in [0.15, 0.2) is 0 Å². The third-order valence-corrected chi connectivity index (χ3v) is 1.39. The lowest BCUT2D eigenvalue weighted by atomic mass is 10.2. The van der Waals surface area contributed by atoms with Gasteiger partial charge in [0.1, 0.15) is 0 Å². The Bertz CT molecular complexity index is 149. The van der Waals surface area contributed by atoms with E-state index >= 15 is 0 Å². The van der Waals surface area contributed by atoms with Gasteiger partial charge in [0.25, 0.3) is 6.26 Å². The molecule has 0 aliphatic carbocycles.